The molecule has 0 aliphatic carbocycles. The SMILES string of the molecule is CCCC(O)CNCc1ccc(S(N)(=O)=O)cc1.Cl. The number of nitrogens with two attached hydrogens (primary N) is 1. The highest BCUT2D eigenvalue weighted by atomic mass is 35.5. The first-order valence-electron chi connectivity index (χ1n) is 5.94. The van der Waals surface area contributed by atoms with E-state index >= 15 is 0 Å². The second-order valence-electron chi connectivity index (χ2n) is 4.26. The highest BCUT2D eigenvalue weighted by Crippen LogP contribution is 2.08. The van der Waals surface area contributed by atoms with Gasteiger partial charge in [-0.1, -0.05) is 25.5 Å². The van der Waals surface area contributed by atoms with Crippen molar-refractivity contribution in [3.05, 3.63) is 29.8 Å². The zero-order chi connectivity index (χ0) is 13.6. The van der Waals surface area contributed by atoms with Crippen LogP contribution in [0.25, 0.3) is 0 Å². The van der Waals surface area contributed by atoms with Gasteiger partial charge in [0.1, 0.15) is 0 Å². The number of sulfonamides is 1. The van der Waals surface area contributed by atoms with Crippen LogP contribution in [0.4, 0.5) is 0 Å². The molecule has 0 radical (unpaired) electrons. The van der Waals surface area contributed by atoms with Crippen LogP contribution in [0.3, 0.4) is 0 Å². The molecule has 0 spiro atoms. The molecule has 0 aliphatic heterocycles. The van der Waals surface area contributed by atoms with Crippen molar-refractivity contribution in [1.82, 2.24) is 5.32 Å². The third-order valence-electron chi connectivity index (χ3n) is 2.58. The first-order valence-corrected chi connectivity index (χ1v) is 7.48. The first kappa shape index (κ1) is 18.3. The minimum atomic E-state index is -3.62. The molecule has 1 aromatic carbocycles. The van der Waals surface area contributed by atoms with E-state index in [1.165, 1.54) is 12.1 Å². The summed E-state index contributed by atoms with van der Waals surface area (Å²) in [7, 11) is -3.62. The summed E-state index contributed by atoms with van der Waals surface area (Å²) in [4.78, 5) is 0.109. The Kier molecular flexibility index (Phi) is 8.20. The van der Waals surface area contributed by atoms with Crippen molar-refractivity contribution in [1.29, 1.82) is 0 Å². The van der Waals surface area contributed by atoms with Gasteiger partial charge < -0.3 is 10.4 Å². The van der Waals surface area contributed by atoms with Gasteiger partial charge >= 0.3 is 0 Å². The molecule has 0 saturated carbocycles. The first-order chi connectivity index (χ1) is 8.43. The second-order valence-corrected chi connectivity index (χ2v) is 5.82. The van der Waals surface area contributed by atoms with Gasteiger partial charge in [0, 0.05) is 13.1 Å². The van der Waals surface area contributed by atoms with E-state index in [-0.39, 0.29) is 23.4 Å². The molecule has 1 aromatic rings. The van der Waals surface area contributed by atoms with E-state index < -0.39 is 10.0 Å². The quantitative estimate of drug-likeness (QED) is 0.701. The molecule has 4 N–H and O–H groups in total. The van der Waals surface area contributed by atoms with E-state index in [9.17, 15) is 13.5 Å². The van der Waals surface area contributed by atoms with Crippen molar-refractivity contribution in [2.75, 3.05) is 6.54 Å². The van der Waals surface area contributed by atoms with Crippen LogP contribution >= 0.6 is 12.4 Å². The van der Waals surface area contributed by atoms with Gasteiger partial charge in [0.25, 0.3) is 0 Å². The summed E-state index contributed by atoms with van der Waals surface area (Å²) in [5, 5.41) is 17.6. The number of nitrogens with one attached hydrogen (secondary N) is 1. The maximum atomic E-state index is 11.0. The van der Waals surface area contributed by atoms with Crippen LogP contribution in [0.15, 0.2) is 29.2 Å². The number of rotatable bonds is 7. The molecule has 0 amide bonds. The third-order valence-corrected chi connectivity index (χ3v) is 3.51. The Morgan fingerprint density at radius 2 is 1.89 bits per heavy atom. The smallest absolute Gasteiger partial charge is 0.238 e. The van der Waals surface area contributed by atoms with E-state index in [1.54, 1.807) is 12.1 Å². The highest BCUT2D eigenvalue weighted by molar-refractivity contribution is 7.89. The summed E-state index contributed by atoms with van der Waals surface area (Å²) in [6.07, 6.45) is 1.39. The van der Waals surface area contributed by atoms with Gasteiger partial charge in [0.15, 0.2) is 0 Å². The maximum absolute atomic E-state index is 11.0. The molecule has 0 aliphatic rings. The van der Waals surface area contributed by atoms with Crippen LogP contribution in [-0.4, -0.2) is 26.2 Å². The number of primary sulfonamides is 1. The molecule has 0 heterocycles. The van der Waals surface area contributed by atoms with Gasteiger partial charge in [0.05, 0.1) is 11.0 Å². The molecule has 5 nitrogen and oxygen atoms in total. The summed E-state index contributed by atoms with van der Waals surface area (Å²) < 4.78 is 22.1. The Morgan fingerprint density at radius 1 is 1.32 bits per heavy atom. The number of hydrogen-bond donors (Lipinski definition) is 3. The minimum absolute atomic E-state index is 0. The molecule has 1 atom stereocenters. The summed E-state index contributed by atoms with van der Waals surface area (Å²) in [5.41, 5.74) is 0.950. The fourth-order valence-corrected chi connectivity index (χ4v) is 2.13. The topological polar surface area (TPSA) is 92.4 Å². The van der Waals surface area contributed by atoms with Crippen LogP contribution in [-0.2, 0) is 16.6 Å². The number of aliphatic hydroxyl groups excluding tert-OH is 1. The number of aliphatic hydroxyl groups is 1. The average molecular weight is 309 g/mol. The van der Waals surface area contributed by atoms with Gasteiger partial charge in [-0.3, -0.25) is 0 Å². The zero-order valence-electron chi connectivity index (χ0n) is 10.9. The van der Waals surface area contributed by atoms with Crippen LogP contribution in [0.5, 0.6) is 0 Å². The summed E-state index contributed by atoms with van der Waals surface area (Å²) in [6.45, 7) is 3.14. The van der Waals surface area contributed by atoms with Crippen molar-refractivity contribution < 1.29 is 13.5 Å². The molecule has 1 rings (SSSR count). The van der Waals surface area contributed by atoms with Crippen molar-refractivity contribution in [2.24, 2.45) is 5.14 Å². The van der Waals surface area contributed by atoms with Crippen LogP contribution in [0, 0.1) is 0 Å². The molecule has 0 saturated heterocycles. The molecular weight excluding hydrogens is 288 g/mol. The van der Waals surface area contributed by atoms with Gasteiger partial charge in [-0.15, -0.1) is 12.4 Å². The lowest BCUT2D eigenvalue weighted by molar-refractivity contribution is 0.160. The number of benzene rings is 1. The van der Waals surface area contributed by atoms with Crippen molar-refractivity contribution in [3.63, 3.8) is 0 Å². The van der Waals surface area contributed by atoms with E-state index in [4.69, 9.17) is 5.14 Å². The largest absolute Gasteiger partial charge is 0.392 e. The fraction of sp³-hybridized carbons (Fsp3) is 0.500. The summed E-state index contributed by atoms with van der Waals surface area (Å²) in [6, 6.07) is 6.38. The van der Waals surface area contributed by atoms with E-state index in [0.29, 0.717) is 13.1 Å². The third kappa shape index (κ3) is 6.89. The van der Waals surface area contributed by atoms with Crippen molar-refractivity contribution in [3.8, 4) is 0 Å². The van der Waals surface area contributed by atoms with Crippen LogP contribution < -0.4 is 10.5 Å². The standard InChI is InChI=1S/C12H20N2O3S.ClH/c1-2-3-11(15)9-14-8-10-4-6-12(7-5-10)18(13,16)17;/h4-7,11,14-15H,2-3,8-9H2,1H3,(H2,13,16,17);1H. The summed E-state index contributed by atoms with van der Waals surface area (Å²) in [5.74, 6) is 0. The Labute approximate surface area is 120 Å². The highest BCUT2D eigenvalue weighted by Gasteiger charge is 2.06. The monoisotopic (exact) mass is 308 g/mol. The van der Waals surface area contributed by atoms with E-state index in [1.807, 2.05) is 6.92 Å². The molecule has 1 unspecified atom stereocenters. The van der Waals surface area contributed by atoms with Crippen LogP contribution in [0.1, 0.15) is 25.3 Å². The Morgan fingerprint density at radius 3 is 2.37 bits per heavy atom. The second kappa shape index (κ2) is 8.50. The lowest BCUT2D eigenvalue weighted by atomic mass is 10.2. The van der Waals surface area contributed by atoms with Gasteiger partial charge in [-0.25, -0.2) is 13.6 Å². The Bertz CT molecular complexity index is 462. The molecule has 19 heavy (non-hydrogen) atoms. The number of hydrogen-bond acceptors (Lipinski definition) is 4. The molecule has 0 aromatic heterocycles. The lowest BCUT2D eigenvalue weighted by Gasteiger charge is -2.10. The van der Waals surface area contributed by atoms with Gasteiger partial charge in [-0.05, 0) is 24.1 Å². The van der Waals surface area contributed by atoms with Gasteiger partial charge in [-0.2, -0.15) is 0 Å². The fourth-order valence-electron chi connectivity index (χ4n) is 1.62. The number of halogens is 1. The molecule has 110 valence electrons. The van der Waals surface area contributed by atoms with Gasteiger partial charge in [0.2, 0.25) is 10.0 Å². The minimum Gasteiger partial charge on any atom is -0.392 e. The maximum Gasteiger partial charge on any atom is 0.238 e. The van der Waals surface area contributed by atoms with E-state index in [2.05, 4.69) is 5.32 Å². The lowest BCUT2D eigenvalue weighted by Crippen LogP contribution is -2.26. The average Bonchev–Trinajstić information content (AvgIpc) is 2.29. The molecule has 0 bridgehead atoms. The van der Waals surface area contributed by atoms with E-state index in [0.717, 1.165) is 18.4 Å². The molecular formula is C12H21ClN2O3S. The van der Waals surface area contributed by atoms with Crippen molar-refractivity contribution in [2.45, 2.75) is 37.3 Å². The predicted octanol–water partition coefficient (Wildman–Crippen LogP) is 1.01. The molecule has 7 heteroatoms. The predicted molar refractivity (Wildman–Crippen MR) is 77.7 cm³/mol. The zero-order valence-corrected chi connectivity index (χ0v) is 12.5. The normalized spacial score (nSPS) is 12.8. The summed E-state index contributed by atoms with van der Waals surface area (Å²) >= 11 is 0. The molecule has 0 fully saturated rings. The Balaban J connectivity index is 0.00000324. The van der Waals surface area contributed by atoms with Crippen molar-refractivity contribution >= 4 is 22.4 Å². The Hall–Kier alpha value is -0.660. The van der Waals surface area contributed by atoms with Crippen LogP contribution in [0.2, 0.25) is 0 Å².